The number of ether oxygens (including phenoxy) is 3. The third-order valence-corrected chi connectivity index (χ3v) is 5.94. The van der Waals surface area contributed by atoms with Crippen molar-refractivity contribution >= 4 is 6.09 Å². The van der Waals surface area contributed by atoms with E-state index in [9.17, 15) is 9.90 Å². The van der Waals surface area contributed by atoms with Crippen LogP contribution in [0.1, 0.15) is 28.6 Å². The highest BCUT2D eigenvalue weighted by Gasteiger charge is 2.31. The van der Waals surface area contributed by atoms with Gasteiger partial charge in [-0.3, -0.25) is 4.68 Å². The highest BCUT2D eigenvalue weighted by molar-refractivity contribution is 5.79. The Bertz CT molecular complexity index is 1090. The summed E-state index contributed by atoms with van der Waals surface area (Å²) in [5.41, 5.74) is 5.34. The van der Waals surface area contributed by atoms with Crippen molar-refractivity contribution < 1.29 is 29.2 Å². The van der Waals surface area contributed by atoms with Crippen molar-refractivity contribution in [3.63, 3.8) is 0 Å². The zero-order chi connectivity index (χ0) is 24.6. The second kappa shape index (κ2) is 11.9. The van der Waals surface area contributed by atoms with E-state index in [0.717, 1.165) is 22.3 Å². The molecule has 0 aliphatic heterocycles. The van der Waals surface area contributed by atoms with E-state index in [-0.39, 0.29) is 13.2 Å². The molecule has 2 aromatic carbocycles. The SMILES string of the molecule is CN(CCOCCOCCn1nc(CO)cc1CO)C(=O)OC1c2ccccc2-c2ccccc21. The van der Waals surface area contributed by atoms with E-state index < -0.39 is 12.2 Å². The van der Waals surface area contributed by atoms with Crippen LogP contribution in [-0.2, 0) is 34.0 Å². The highest BCUT2D eigenvalue weighted by atomic mass is 16.6. The molecule has 0 spiro atoms. The van der Waals surface area contributed by atoms with Gasteiger partial charge in [-0.1, -0.05) is 48.5 Å². The van der Waals surface area contributed by atoms with Gasteiger partial charge in [-0.25, -0.2) is 4.79 Å². The Hall–Kier alpha value is -3.24. The summed E-state index contributed by atoms with van der Waals surface area (Å²) in [4.78, 5) is 14.2. The summed E-state index contributed by atoms with van der Waals surface area (Å²) in [6, 6.07) is 17.7. The number of nitrogens with zero attached hydrogens (tertiary/aromatic N) is 3. The molecule has 1 aliphatic rings. The number of likely N-dealkylation sites (N-methyl/N-ethyl adjacent to an activating group) is 1. The van der Waals surface area contributed by atoms with Gasteiger partial charge >= 0.3 is 6.09 Å². The Morgan fingerprint density at radius 2 is 1.57 bits per heavy atom. The van der Waals surface area contributed by atoms with Gasteiger partial charge in [0.15, 0.2) is 6.10 Å². The summed E-state index contributed by atoms with van der Waals surface area (Å²) in [6.07, 6.45) is -0.816. The smallest absolute Gasteiger partial charge is 0.410 e. The van der Waals surface area contributed by atoms with Crippen molar-refractivity contribution in [2.24, 2.45) is 0 Å². The molecule has 9 heteroatoms. The van der Waals surface area contributed by atoms with Crippen molar-refractivity contribution in [1.82, 2.24) is 14.7 Å². The Kier molecular flexibility index (Phi) is 8.49. The molecule has 0 saturated heterocycles. The molecular weight excluding hydrogens is 450 g/mol. The first kappa shape index (κ1) is 24.9. The molecule has 4 rings (SSSR count). The van der Waals surface area contributed by atoms with Crippen molar-refractivity contribution in [1.29, 1.82) is 0 Å². The lowest BCUT2D eigenvalue weighted by molar-refractivity contribution is 0.0327. The molecule has 0 bridgehead atoms. The summed E-state index contributed by atoms with van der Waals surface area (Å²) in [7, 11) is 1.69. The third-order valence-electron chi connectivity index (χ3n) is 5.94. The number of carbonyl (C=O) groups is 1. The number of benzene rings is 2. The van der Waals surface area contributed by atoms with E-state index in [0.29, 0.717) is 50.9 Å². The first-order valence-electron chi connectivity index (χ1n) is 11.6. The summed E-state index contributed by atoms with van der Waals surface area (Å²) in [5, 5.41) is 22.7. The third kappa shape index (κ3) is 5.88. The van der Waals surface area contributed by atoms with E-state index in [1.54, 1.807) is 17.8 Å². The van der Waals surface area contributed by atoms with Crippen LogP contribution in [-0.4, -0.2) is 71.0 Å². The largest absolute Gasteiger partial charge is 0.436 e. The molecular formula is C26H31N3O6. The fourth-order valence-electron chi connectivity index (χ4n) is 4.11. The second-order valence-corrected chi connectivity index (χ2v) is 8.25. The van der Waals surface area contributed by atoms with E-state index in [4.69, 9.17) is 19.3 Å². The number of aliphatic hydroxyl groups is 2. The molecule has 9 nitrogen and oxygen atoms in total. The summed E-state index contributed by atoms with van der Waals surface area (Å²) < 4.78 is 18.6. The van der Waals surface area contributed by atoms with Crippen LogP contribution in [0.15, 0.2) is 54.6 Å². The number of aromatic nitrogens is 2. The lowest BCUT2D eigenvalue weighted by atomic mass is 10.1. The van der Waals surface area contributed by atoms with Crippen LogP contribution in [0.2, 0.25) is 0 Å². The number of fused-ring (bicyclic) bond motifs is 3. The van der Waals surface area contributed by atoms with Gasteiger partial charge in [-0.15, -0.1) is 0 Å². The average Bonchev–Trinajstić information content (AvgIpc) is 3.44. The Morgan fingerprint density at radius 1 is 0.943 bits per heavy atom. The zero-order valence-electron chi connectivity index (χ0n) is 19.8. The monoisotopic (exact) mass is 481 g/mol. The zero-order valence-corrected chi connectivity index (χ0v) is 19.8. The molecule has 1 aliphatic carbocycles. The van der Waals surface area contributed by atoms with E-state index in [1.165, 1.54) is 4.90 Å². The maximum atomic E-state index is 12.7. The minimum atomic E-state index is -0.415. The maximum Gasteiger partial charge on any atom is 0.410 e. The fraction of sp³-hybridized carbons (Fsp3) is 0.385. The Labute approximate surface area is 204 Å². The Morgan fingerprint density at radius 3 is 2.20 bits per heavy atom. The summed E-state index contributed by atoms with van der Waals surface area (Å²) in [5.74, 6) is 0. The predicted molar refractivity (Wildman–Crippen MR) is 129 cm³/mol. The van der Waals surface area contributed by atoms with Gasteiger partial charge in [0.05, 0.1) is 57.6 Å². The van der Waals surface area contributed by atoms with Crippen LogP contribution in [0.25, 0.3) is 11.1 Å². The first-order chi connectivity index (χ1) is 17.1. The molecule has 0 radical (unpaired) electrons. The minimum absolute atomic E-state index is 0.147. The molecule has 186 valence electrons. The quantitative estimate of drug-likeness (QED) is 0.383. The number of amides is 1. The Balaban J connectivity index is 1.15. The molecule has 0 fully saturated rings. The van der Waals surface area contributed by atoms with Crippen molar-refractivity contribution in [3.05, 3.63) is 77.1 Å². The van der Waals surface area contributed by atoms with Gasteiger partial charge in [0.25, 0.3) is 0 Å². The molecule has 1 heterocycles. The average molecular weight is 482 g/mol. The van der Waals surface area contributed by atoms with Crippen LogP contribution in [0.5, 0.6) is 0 Å². The fourth-order valence-corrected chi connectivity index (χ4v) is 4.11. The van der Waals surface area contributed by atoms with E-state index in [2.05, 4.69) is 17.2 Å². The van der Waals surface area contributed by atoms with Crippen molar-refractivity contribution in [3.8, 4) is 11.1 Å². The molecule has 3 aromatic rings. The maximum absolute atomic E-state index is 12.7. The first-order valence-corrected chi connectivity index (χ1v) is 11.6. The summed E-state index contributed by atoms with van der Waals surface area (Å²) in [6.45, 7) is 2.10. The minimum Gasteiger partial charge on any atom is -0.436 e. The summed E-state index contributed by atoms with van der Waals surface area (Å²) >= 11 is 0. The second-order valence-electron chi connectivity index (χ2n) is 8.25. The van der Waals surface area contributed by atoms with Gasteiger partial charge in [0.1, 0.15) is 0 Å². The van der Waals surface area contributed by atoms with Crippen LogP contribution < -0.4 is 0 Å². The van der Waals surface area contributed by atoms with E-state index in [1.807, 2.05) is 36.4 Å². The molecule has 0 unspecified atom stereocenters. The predicted octanol–water partition coefficient (Wildman–Crippen LogP) is 2.74. The lowest BCUT2D eigenvalue weighted by Gasteiger charge is -2.21. The molecule has 0 saturated carbocycles. The normalized spacial score (nSPS) is 12.4. The number of hydrogen-bond donors (Lipinski definition) is 2. The van der Waals surface area contributed by atoms with Gasteiger partial charge in [0.2, 0.25) is 0 Å². The van der Waals surface area contributed by atoms with Gasteiger partial charge in [-0.2, -0.15) is 5.10 Å². The molecule has 2 N–H and O–H groups in total. The number of rotatable bonds is 12. The van der Waals surface area contributed by atoms with Crippen molar-refractivity contribution in [2.75, 3.05) is 40.0 Å². The molecule has 1 amide bonds. The van der Waals surface area contributed by atoms with Crippen LogP contribution in [0.4, 0.5) is 4.79 Å². The molecule has 35 heavy (non-hydrogen) atoms. The van der Waals surface area contributed by atoms with Crippen molar-refractivity contribution in [2.45, 2.75) is 25.9 Å². The lowest BCUT2D eigenvalue weighted by Crippen LogP contribution is -2.32. The van der Waals surface area contributed by atoms with Crippen LogP contribution in [0, 0.1) is 0 Å². The van der Waals surface area contributed by atoms with E-state index >= 15 is 0 Å². The van der Waals surface area contributed by atoms with Gasteiger partial charge in [-0.05, 0) is 17.2 Å². The van der Waals surface area contributed by atoms with Gasteiger partial charge in [0, 0.05) is 24.7 Å². The number of aliphatic hydroxyl groups excluding tert-OH is 2. The molecule has 1 aromatic heterocycles. The molecule has 0 atom stereocenters. The number of hydrogen-bond acceptors (Lipinski definition) is 7. The standard InChI is InChI=1S/C26H31N3O6/c1-28(10-12-33-14-15-34-13-11-29-20(18-31)16-19(17-30)27-29)26(32)35-25-23-8-4-2-6-21(23)22-7-3-5-9-24(22)25/h2-9,16,25,30-31H,10-15,17-18H2,1H3. The number of carbonyl (C=O) groups excluding carboxylic acids is 1. The highest BCUT2D eigenvalue weighted by Crippen LogP contribution is 2.45. The van der Waals surface area contributed by atoms with Crippen LogP contribution >= 0.6 is 0 Å². The van der Waals surface area contributed by atoms with Crippen LogP contribution in [0.3, 0.4) is 0 Å². The van der Waals surface area contributed by atoms with Gasteiger partial charge < -0.3 is 29.3 Å². The topological polar surface area (TPSA) is 106 Å².